The Kier molecular flexibility index (Phi) is 4.07. The number of esters is 1. The molecule has 100 valence electrons. The molecule has 0 spiro atoms. The average molecular weight is 252 g/mol. The first-order chi connectivity index (χ1) is 8.59. The lowest BCUT2D eigenvalue weighted by molar-refractivity contribution is -0.0301. The van der Waals surface area contributed by atoms with E-state index in [1.165, 1.54) is 0 Å². The van der Waals surface area contributed by atoms with Gasteiger partial charge in [0.2, 0.25) is 0 Å². The smallest absolute Gasteiger partial charge is 0.342 e. The highest BCUT2D eigenvalue weighted by Gasteiger charge is 2.22. The third-order valence-corrected chi connectivity index (χ3v) is 3.44. The van der Waals surface area contributed by atoms with Gasteiger partial charge in [-0.2, -0.15) is 0 Å². The largest absolute Gasteiger partial charge is 0.465 e. The Morgan fingerprint density at radius 1 is 1.28 bits per heavy atom. The molecule has 1 aliphatic heterocycles. The Balaban J connectivity index is 1.95. The Morgan fingerprint density at radius 3 is 2.61 bits per heavy atom. The van der Waals surface area contributed by atoms with Gasteiger partial charge in [-0.05, 0) is 40.0 Å². The van der Waals surface area contributed by atoms with Crippen LogP contribution in [-0.4, -0.2) is 25.3 Å². The molecule has 1 atom stereocenters. The average Bonchev–Trinajstić information content (AvgIpc) is 2.62. The minimum absolute atomic E-state index is 0.0521. The van der Waals surface area contributed by atoms with Crippen LogP contribution in [-0.2, 0) is 9.47 Å². The molecule has 0 radical (unpaired) electrons. The Labute approximate surface area is 107 Å². The molecule has 0 saturated carbocycles. The summed E-state index contributed by atoms with van der Waals surface area (Å²) in [5.74, 6) is 1.09. The van der Waals surface area contributed by atoms with Gasteiger partial charge in [-0.3, -0.25) is 0 Å². The number of hydrogen-bond acceptors (Lipinski definition) is 4. The molecular weight excluding hydrogens is 232 g/mol. The van der Waals surface area contributed by atoms with Crippen LogP contribution >= 0.6 is 0 Å². The fourth-order valence-corrected chi connectivity index (χ4v) is 2.27. The van der Waals surface area contributed by atoms with Crippen molar-refractivity contribution in [1.82, 2.24) is 0 Å². The summed E-state index contributed by atoms with van der Waals surface area (Å²) in [6.07, 6.45) is 3.26. The highest BCUT2D eigenvalue weighted by Crippen LogP contribution is 2.22. The second kappa shape index (κ2) is 5.57. The highest BCUT2D eigenvalue weighted by molar-refractivity contribution is 5.92. The van der Waals surface area contributed by atoms with Gasteiger partial charge in [0.25, 0.3) is 0 Å². The molecule has 1 aromatic rings. The molecule has 2 heterocycles. The van der Waals surface area contributed by atoms with Crippen LogP contribution in [0.25, 0.3) is 0 Å². The summed E-state index contributed by atoms with van der Waals surface area (Å²) in [4.78, 5) is 12.0. The summed E-state index contributed by atoms with van der Waals surface area (Å²) >= 11 is 0. The predicted octanol–water partition coefficient (Wildman–Crippen LogP) is 2.93. The van der Waals surface area contributed by atoms with E-state index in [1.807, 2.05) is 13.8 Å². The van der Waals surface area contributed by atoms with Crippen LogP contribution in [0.3, 0.4) is 0 Å². The van der Waals surface area contributed by atoms with Crippen LogP contribution < -0.4 is 0 Å². The number of furan rings is 1. The van der Waals surface area contributed by atoms with Gasteiger partial charge >= 0.3 is 5.97 Å². The van der Waals surface area contributed by atoms with Gasteiger partial charge in [-0.1, -0.05) is 0 Å². The maximum absolute atomic E-state index is 12.0. The van der Waals surface area contributed by atoms with E-state index < -0.39 is 0 Å². The molecule has 0 N–H and O–H groups in total. The first-order valence-electron chi connectivity index (χ1n) is 6.45. The summed E-state index contributed by atoms with van der Waals surface area (Å²) in [5, 5.41) is 0. The lowest BCUT2D eigenvalue weighted by atomic mass is 10.1. The number of rotatable bonds is 3. The first kappa shape index (κ1) is 13.1. The van der Waals surface area contributed by atoms with Gasteiger partial charge in [0.1, 0.15) is 23.7 Å². The molecule has 2 rings (SSSR count). The zero-order chi connectivity index (χ0) is 13.1. The molecule has 0 bridgehead atoms. The van der Waals surface area contributed by atoms with Crippen molar-refractivity contribution in [3.05, 3.63) is 22.6 Å². The third kappa shape index (κ3) is 2.75. The molecule has 4 heteroatoms. The standard InChI is InChI=1S/C14H20O4/c1-9-10(2)18-11(3)13(9)14(15)17-8-12-6-4-5-7-16-12/h12H,4-8H2,1-3H3. The van der Waals surface area contributed by atoms with E-state index in [4.69, 9.17) is 13.9 Å². The van der Waals surface area contributed by atoms with Crippen LogP contribution in [0.4, 0.5) is 0 Å². The molecular formula is C14H20O4. The second-order valence-corrected chi connectivity index (χ2v) is 4.80. The van der Waals surface area contributed by atoms with Gasteiger partial charge in [-0.25, -0.2) is 4.79 Å². The summed E-state index contributed by atoms with van der Waals surface area (Å²) < 4.78 is 16.3. The van der Waals surface area contributed by atoms with Crippen LogP contribution in [0, 0.1) is 20.8 Å². The van der Waals surface area contributed by atoms with Crippen molar-refractivity contribution in [3.63, 3.8) is 0 Å². The van der Waals surface area contributed by atoms with Gasteiger partial charge in [0.15, 0.2) is 0 Å². The van der Waals surface area contributed by atoms with E-state index in [9.17, 15) is 4.79 Å². The summed E-state index contributed by atoms with van der Waals surface area (Å²) in [5.41, 5.74) is 1.42. The fourth-order valence-electron chi connectivity index (χ4n) is 2.27. The molecule has 0 amide bonds. The van der Waals surface area contributed by atoms with E-state index in [2.05, 4.69) is 0 Å². The van der Waals surface area contributed by atoms with Crippen LogP contribution in [0.15, 0.2) is 4.42 Å². The van der Waals surface area contributed by atoms with Gasteiger partial charge in [0, 0.05) is 12.2 Å². The number of aryl methyl sites for hydroxylation is 2. The van der Waals surface area contributed by atoms with Crippen molar-refractivity contribution < 1.29 is 18.7 Å². The van der Waals surface area contributed by atoms with Crippen molar-refractivity contribution in [1.29, 1.82) is 0 Å². The van der Waals surface area contributed by atoms with E-state index in [-0.39, 0.29) is 12.1 Å². The summed E-state index contributed by atoms with van der Waals surface area (Å²) in [6, 6.07) is 0. The third-order valence-electron chi connectivity index (χ3n) is 3.44. The SMILES string of the molecule is Cc1oc(C)c(C(=O)OCC2CCCCO2)c1C. The Morgan fingerprint density at radius 2 is 2.06 bits per heavy atom. The van der Waals surface area contributed by atoms with E-state index >= 15 is 0 Å². The van der Waals surface area contributed by atoms with Gasteiger partial charge in [0.05, 0.1) is 6.10 Å². The van der Waals surface area contributed by atoms with Crippen molar-refractivity contribution in [2.24, 2.45) is 0 Å². The summed E-state index contributed by atoms with van der Waals surface area (Å²) in [6.45, 7) is 6.61. The monoisotopic (exact) mass is 252 g/mol. The number of ether oxygens (including phenoxy) is 2. The zero-order valence-electron chi connectivity index (χ0n) is 11.2. The maximum atomic E-state index is 12.0. The van der Waals surface area contributed by atoms with Crippen molar-refractivity contribution >= 4 is 5.97 Å². The minimum Gasteiger partial charge on any atom is -0.465 e. The molecule has 1 fully saturated rings. The van der Waals surface area contributed by atoms with Crippen LogP contribution in [0.2, 0.25) is 0 Å². The molecule has 0 aliphatic carbocycles. The van der Waals surface area contributed by atoms with E-state index in [0.29, 0.717) is 17.9 Å². The first-order valence-corrected chi connectivity index (χ1v) is 6.45. The zero-order valence-corrected chi connectivity index (χ0v) is 11.2. The second-order valence-electron chi connectivity index (χ2n) is 4.80. The molecule has 1 unspecified atom stereocenters. The number of carbonyl (C=O) groups is 1. The lowest BCUT2D eigenvalue weighted by Crippen LogP contribution is -2.26. The van der Waals surface area contributed by atoms with Crippen molar-refractivity contribution in [3.8, 4) is 0 Å². The molecule has 1 aliphatic rings. The fraction of sp³-hybridized carbons (Fsp3) is 0.643. The van der Waals surface area contributed by atoms with Crippen LogP contribution in [0.5, 0.6) is 0 Å². The van der Waals surface area contributed by atoms with Gasteiger partial charge < -0.3 is 13.9 Å². The summed E-state index contributed by atoms with van der Waals surface area (Å²) in [7, 11) is 0. The van der Waals surface area contributed by atoms with E-state index in [0.717, 1.165) is 37.2 Å². The maximum Gasteiger partial charge on any atom is 0.342 e. The normalized spacial score (nSPS) is 19.8. The lowest BCUT2D eigenvalue weighted by Gasteiger charge is -2.22. The van der Waals surface area contributed by atoms with Crippen LogP contribution in [0.1, 0.15) is 46.7 Å². The van der Waals surface area contributed by atoms with Crippen molar-refractivity contribution in [2.75, 3.05) is 13.2 Å². The van der Waals surface area contributed by atoms with Gasteiger partial charge in [-0.15, -0.1) is 0 Å². The number of hydrogen-bond donors (Lipinski definition) is 0. The van der Waals surface area contributed by atoms with Crippen molar-refractivity contribution in [2.45, 2.75) is 46.1 Å². The topological polar surface area (TPSA) is 48.7 Å². The molecule has 0 aromatic carbocycles. The van der Waals surface area contributed by atoms with E-state index in [1.54, 1.807) is 6.92 Å². The predicted molar refractivity (Wildman–Crippen MR) is 66.8 cm³/mol. The number of carbonyl (C=O) groups excluding carboxylic acids is 1. The molecule has 1 saturated heterocycles. The highest BCUT2D eigenvalue weighted by atomic mass is 16.6. The Hall–Kier alpha value is -1.29. The Bertz CT molecular complexity index is 427. The minimum atomic E-state index is -0.309. The molecule has 18 heavy (non-hydrogen) atoms. The quantitative estimate of drug-likeness (QED) is 0.776. The molecule has 1 aromatic heterocycles. The molecule has 4 nitrogen and oxygen atoms in total.